The number of benzene rings is 1. The van der Waals surface area contributed by atoms with Crippen LogP contribution in [0.4, 0.5) is 0 Å². The summed E-state index contributed by atoms with van der Waals surface area (Å²) in [5, 5.41) is 10.4. The predicted molar refractivity (Wildman–Crippen MR) is 70.6 cm³/mol. The Bertz CT molecular complexity index is 452. The second-order valence-corrected chi connectivity index (χ2v) is 5.74. The second-order valence-electron chi connectivity index (χ2n) is 5.74. The van der Waals surface area contributed by atoms with Crippen molar-refractivity contribution < 1.29 is 9.84 Å². The SMILES string of the molecule is Cc1ccc2c(c1)OC1(CCCCC1)C(N)C2O. The molecule has 1 fully saturated rings. The lowest BCUT2D eigenvalue weighted by Gasteiger charge is -2.47. The Hall–Kier alpha value is -1.06. The summed E-state index contributed by atoms with van der Waals surface area (Å²) in [6.45, 7) is 2.04. The zero-order valence-electron chi connectivity index (χ0n) is 10.9. The van der Waals surface area contributed by atoms with E-state index in [-0.39, 0.29) is 11.6 Å². The summed E-state index contributed by atoms with van der Waals surface area (Å²) in [6, 6.07) is 5.64. The minimum absolute atomic E-state index is 0.312. The average molecular weight is 247 g/mol. The van der Waals surface area contributed by atoms with Gasteiger partial charge in [0.05, 0.1) is 6.04 Å². The normalized spacial score (nSPS) is 29.7. The molecule has 3 heteroatoms. The first-order valence-corrected chi connectivity index (χ1v) is 6.86. The summed E-state index contributed by atoms with van der Waals surface area (Å²) in [5.41, 5.74) is 7.91. The smallest absolute Gasteiger partial charge is 0.127 e. The standard InChI is InChI=1S/C15H21NO2/c1-10-5-6-11-12(9-10)18-15(14(16)13(11)17)7-3-2-4-8-15/h5-6,9,13-14,17H,2-4,7-8,16H2,1H3. The first-order valence-electron chi connectivity index (χ1n) is 6.86. The molecule has 1 spiro atoms. The van der Waals surface area contributed by atoms with Crippen LogP contribution in [0.5, 0.6) is 5.75 Å². The molecule has 1 aromatic carbocycles. The van der Waals surface area contributed by atoms with Gasteiger partial charge in [0.2, 0.25) is 0 Å². The van der Waals surface area contributed by atoms with Gasteiger partial charge in [0, 0.05) is 5.56 Å². The summed E-state index contributed by atoms with van der Waals surface area (Å²) in [5.74, 6) is 0.825. The molecule has 98 valence electrons. The topological polar surface area (TPSA) is 55.5 Å². The number of hydrogen-bond acceptors (Lipinski definition) is 3. The highest BCUT2D eigenvalue weighted by molar-refractivity contribution is 5.42. The molecule has 1 saturated carbocycles. The fourth-order valence-corrected chi connectivity index (χ4v) is 3.33. The Labute approximate surface area is 108 Å². The minimum atomic E-state index is -0.604. The first-order chi connectivity index (χ1) is 8.62. The molecule has 0 aromatic heterocycles. The molecule has 3 nitrogen and oxygen atoms in total. The van der Waals surface area contributed by atoms with Crippen LogP contribution in [0.3, 0.4) is 0 Å². The zero-order chi connectivity index (χ0) is 12.8. The third-order valence-electron chi connectivity index (χ3n) is 4.45. The van der Waals surface area contributed by atoms with E-state index in [2.05, 4.69) is 0 Å². The maximum absolute atomic E-state index is 10.4. The van der Waals surface area contributed by atoms with Crippen molar-refractivity contribution in [1.82, 2.24) is 0 Å². The van der Waals surface area contributed by atoms with Crippen molar-refractivity contribution in [2.24, 2.45) is 5.73 Å². The third-order valence-corrected chi connectivity index (χ3v) is 4.45. The molecule has 0 amide bonds. The van der Waals surface area contributed by atoms with Gasteiger partial charge in [-0.2, -0.15) is 0 Å². The molecule has 0 radical (unpaired) electrons. The highest BCUT2D eigenvalue weighted by atomic mass is 16.5. The number of rotatable bonds is 0. The lowest BCUT2D eigenvalue weighted by Crippen LogP contribution is -2.58. The van der Waals surface area contributed by atoms with Crippen molar-refractivity contribution in [2.75, 3.05) is 0 Å². The van der Waals surface area contributed by atoms with Crippen molar-refractivity contribution in [3.63, 3.8) is 0 Å². The average Bonchev–Trinajstić information content (AvgIpc) is 2.37. The van der Waals surface area contributed by atoms with E-state index >= 15 is 0 Å². The van der Waals surface area contributed by atoms with Crippen LogP contribution < -0.4 is 10.5 Å². The van der Waals surface area contributed by atoms with Gasteiger partial charge in [-0.1, -0.05) is 18.6 Å². The Kier molecular flexibility index (Phi) is 2.83. The van der Waals surface area contributed by atoms with E-state index in [0.717, 1.165) is 42.6 Å². The van der Waals surface area contributed by atoms with Crippen LogP contribution in [-0.2, 0) is 0 Å². The number of hydrogen-bond donors (Lipinski definition) is 2. The number of ether oxygens (including phenoxy) is 1. The zero-order valence-corrected chi connectivity index (χ0v) is 10.9. The molecule has 3 N–H and O–H groups in total. The molecule has 3 rings (SSSR count). The number of nitrogens with two attached hydrogens (primary N) is 1. The van der Waals surface area contributed by atoms with Crippen LogP contribution in [-0.4, -0.2) is 16.7 Å². The quantitative estimate of drug-likeness (QED) is 0.740. The van der Waals surface area contributed by atoms with Gasteiger partial charge in [-0.3, -0.25) is 0 Å². The van der Waals surface area contributed by atoms with E-state index in [0.29, 0.717) is 0 Å². The molecular weight excluding hydrogens is 226 g/mol. The fourth-order valence-electron chi connectivity index (χ4n) is 3.33. The Morgan fingerprint density at radius 2 is 2.00 bits per heavy atom. The van der Waals surface area contributed by atoms with E-state index < -0.39 is 6.10 Å². The molecule has 2 aliphatic rings. The van der Waals surface area contributed by atoms with Gasteiger partial charge >= 0.3 is 0 Å². The lowest BCUT2D eigenvalue weighted by molar-refractivity contribution is -0.0582. The monoisotopic (exact) mass is 247 g/mol. The van der Waals surface area contributed by atoms with Gasteiger partial charge in [-0.15, -0.1) is 0 Å². The van der Waals surface area contributed by atoms with Gasteiger partial charge in [0.15, 0.2) is 0 Å². The molecular formula is C15H21NO2. The maximum Gasteiger partial charge on any atom is 0.127 e. The molecule has 0 saturated heterocycles. The highest BCUT2D eigenvalue weighted by Gasteiger charge is 2.47. The number of aliphatic hydroxyl groups is 1. The molecule has 2 atom stereocenters. The van der Waals surface area contributed by atoms with Crippen LogP contribution in [0, 0.1) is 6.92 Å². The maximum atomic E-state index is 10.4. The predicted octanol–water partition coefficient (Wildman–Crippen LogP) is 2.45. The minimum Gasteiger partial charge on any atom is -0.485 e. The Morgan fingerprint density at radius 3 is 2.72 bits per heavy atom. The van der Waals surface area contributed by atoms with Gasteiger partial charge < -0.3 is 15.6 Å². The lowest BCUT2D eigenvalue weighted by atomic mass is 9.74. The highest BCUT2D eigenvalue weighted by Crippen LogP contribution is 2.45. The van der Waals surface area contributed by atoms with Crippen LogP contribution in [0.15, 0.2) is 18.2 Å². The van der Waals surface area contributed by atoms with Crippen LogP contribution in [0.1, 0.15) is 49.3 Å². The Morgan fingerprint density at radius 1 is 1.28 bits per heavy atom. The van der Waals surface area contributed by atoms with Gasteiger partial charge in [0.1, 0.15) is 17.5 Å². The summed E-state index contributed by atoms with van der Waals surface area (Å²) in [7, 11) is 0. The van der Waals surface area contributed by atoms with Crippen LogP contribution in [0.2, 0.25) is 0 Å². The summed E-state index contributed by atoms with van der Waals surface area (Å²) >= 11 is 0. The van der Waals surface area contributed by atoms with Crippen LogP contribution >= 0.6 is 0 Å². The Balaban J connectivity index is 2.02. The van der Waals surface area contributed by atoms with Crippen molar-refractivity contribution in [3.05, 3.63) is 29.3 Å². The summed E-state index contributed by atoms with van der Waals surface area (Å²) in [6.07, 6.45) is 4.84. The van der Waals surface area contributed by atoms with E-state index in [9.17, 15) is 5.11 Å². The fraction of sp³-hybridized carbons (Fsp3) is 0.600. The van der Waals surface area contributed by atoms with Crippen LogP contribution in [0.25, 0.3) is 0 Å². The molecule has 1 aliphatic carbocycles. The largest absolute Gasteiger partial charge is 0.485 e. The van der Waals surface area contributed by atoms with E-state index in [1.807, 2.05) is 25.1 Å². The second kappa shape index (κ2) is 4.25. The first kappa shape index (κ1) is 12.0. The van der Waals surface area contributed by atoms with E-state index in [1.165, 1.54) is 6.42 Å². The van der Waals surface area contributed by atoms with Gasteiger partial charge in [-0.05, 0) is 44.2 Å². The number of fused-ring (bicyclic) bond motifs is 1. The van der Waals surface area contributed by atoms with Gasteiger partial charge in [-0.25, -0.2) is 0 Å². The van der Waals surface area contributed by atoms with Crippen molar-refractivity contribution in [3.8, 4) is 5.75 Å². The molecule has 1 aromatic rings. The van der Waals surface area contributed by atoms with E-state index in [1.54, 1.807) is 0 Å². The third kappa shape index (κ3) is 1.73. The van der Waals surface area contributed by atoms with Crippen molar-refractivity contribution >= 4 is 0 Å². The molecule has 1 aliphatic heterocycles. The van der Waals surface area contributed by atoms with E-state index in [4.69, 9.17) is 10.5 Å². The summed E-state index contributed by atoms with van der Waals surface area (Å²) < 4.78 is 6.24. The van der Waals surface area contributed by atoms with Gasteiger partial charge in [0.25, 0.3) is 0 Å². The summed E-state index contributed by atoms with van der Waals surface area (Å²) in [4.78, 5) is 0. The number of aryl methyl sites for hydroxylation is 1. The molecule has 1 heterocycles. The van der Waals surface area contributed by atoms with Crippen molar-refractivity contribution in [1.29, 1.82) is 0 Å². The van der Waals surface area contributed by atoms with Crippen molar-refractivity contribution in [2.45, 2.75) is 56.8 Å². The molecule has 0 bridgehead atoms. The molecule has 2 unspecified atom stereocenters. The molecule has 18 heavy (non-hydrogen) atoms. The number of aliphatic hydroxyl groups excluding tert-OH is 1.